The minimum Gasteiger partial charge on any atom is -0.462 e. The second-order valence-corrected chi connectivity index (χ2v) is 4.66. The van der Waals surface area contributed by atoms with Crippen LogP contribution in [0.25, 0.3) is 0 Å². The van der Waals surface area contributed by atoms with Crippen LogP contribution in [0.3, 0.4) is 0 Å². The normalized spacial score (nSPS) is 9.00. The van der Waals surface area contributed by atoms with Crippen LogP contribution in [0, 0.1) is 5.92 Å². The van der Waals surface area contributed by atoms with E-state index in [1.807, 2.05) is 13.8 Å². The second kappa shape index (κ2) is 9.40. The van der Waals surface area contributed by atoms with E-state index in [0.29, 0.717) is 29.2 Å². The minimum absolute atomic E-state index is 0.0370. The van der Waals surface area contributed by atoms with E-state index >= 15 is 0 Å². The topological polar surface area (TPSA) is 43.4 Å². The predicted molar refractivity (Wildman–Crippen MR) is 75.2 cm³/mol. The maximum Gasteiger partial charge on any atom is 0.333 e. The number of esters is 1. The van der Waals surface area contributed by atoms with Gasteiger partial charge in [-0.1, -0.05) is 33.6 Å². The average Bonchev–Trinajstić information content (AvgIpc) is 2.24. The van der Waals surface area contributed by atoms with E-state index in [2.05, 4.69) is 19.7 Å². The van der Waals surface area contributed by atoms with E-state index < -0.39 is 0 Å². The first-order valence-corrected chi connectivity index (χ1v) is 5.77. The van der Waals surface area contributed by atoms with E-state index in [0.717, 1.165) is 0 Å². The smallest absolute Gasteiger partial charge is 0.333 e. The Kier molecular flexibility index (Phi) is 9.77. The predicted octanol–water partition coefficient (Wildman–Crippen LogP) is 3.47. The van der Waals surface area contributed by atoms with E-state index in [9.17, 15) is 9.59 Å². The number of rotatable bonds is 5. The molecule has 0 heterocycles. The first kappa shape index (κ1) is 18.7. The third-order valence-corrected chi connectivity index (χ3v) is 1.67. The highest BCUT2D eigenvalue weighted by atomic mass is 16.5. The first-order valence-electron chi connectivity index (χ1n) is 5.77. The molecule has 0 aliphatic heterocycles. The molecule has 18 heavy (non-hydrogen) atoms. The summed E-state index contributed by atoms with van der Waals surface area (Å²) < 4.78 is 4.83. The number of allylic oxidation sites excluding steroid dienone is 2. The van der Waals surface area contributed by atoms with Gasteiger partial charge in [-0.3, -0.25) is 4.79 Å². The van der Waals surface area contributed by atoms with Gasteiger partial charge in [0, 0.05) is 5.57 Å². The van der Waals surface area contributed by atoms with Gasteiger partial charge in [0.25, 0.3) is 0 Å². The lowest BCUT2D eigenvalue weighted by atomic mass is 10.1. The van der Waals surface area contributed by atoms with Crippen molar-refractivity contribution in [1.29, 1.82) is 0 Å². The molecule has 3 nitrogen and oxygen atoms in total. The van der Waals surface area contributed by atoms with Gasteiger partial charge in [-0.05, 0) is 37.8 Å². The second-order valence-electron chi connectivity index (χ2n) is 4.66. The third-order valence-electron chi connectivity index (χ3n) is 1.67. The lowest BCUT2D eigenvalue weighted by Gasteiger charge is -2.05. The molecule has 0 spiro atoms. The Bertz CT molecular complexity index is 333. The van der Waals surface area contributed by atoms with Crippen LogP contribution in [0.2, 0.25) is 0 Å². The summed E-state index contributed by atoms with van der Waals surface area (Å²) >= 11 is 0. The summed E-state index contributed by atoms with van der Waals surface area (Å²) in [4.78, 5) is 21.4. The largest absolute Gasteiger partial charge is 0.462 e. The van der Waals surface area contributed by atoms with Crippen molar-refractivity contribution in [2.75, 3.05) is 6.61 Å². The molecule has 0 aromatic carbocycles. The molecule has 0 fully saturated rings. The molecule has 0 aliphatic carbocycles. The van der Waals surface area contributed by atoms with Crippen molar-refractivity contribution in [3.63, 3.8) is 0 Å². The maximum atomic E-state index is 10.7. The molecule has 102 valence electrons. The molecular weight excluding hydrogens is 228 g/mol. The van der Waals surface area contributed by atoms with Crippen molar-refractivity contribution < 1.29 is 14.3 Å². The summed E-state index contributed by atoms with van der Waals surface area (Å²) in [5.41, 5.74) is 1.57. The Morgan fingerprint density at radius 3 is 1.50 bits per heavy atom. The summed E-state index contributed by atoms with van der Waals surface area (Å²) in [5, 5.41) is 0. The zero-order valence-electron chi connectivity index (χ0n) is 12.1. The highest BCUT2D eigenvalue weighted by Crippen LogP contribution is 1.98. The SMILES string of the molecule is C=C(C)C(=O)C(=C)C.C=C(C)C(=O)OCC(C)C. The summed E-state index contributed by atoms with van der Waals surface area (Å²) in [6.07, 6.45) is 0. The van der Waals surface area contributed by atoms with E-state index in [-0.39, 0.29) is 11.8 Å². The maximum absolute atomic E-state index is 10.7. The Balaban J connectivity index is 0. The van der Waals surface area contributed by atoms with Gasteiger partial charge in [0.15, 0.2) is 5.78 Å². The van der Waals surface area contributed by atoms with Gasteiger partial charge in [0.2, 0.25) is 0 Å². The molecule has 0 saturated carbocycles. The van der Waals surface area contributed by atoms with E-state index in [1.165, 1.54) is 0 Å². The standard InChI is InChI=1S/C8H14O2.C7H10O/c1-6(2)5-10-8(9)7(3)4;1-5(2)7(8)6(3)4/h6H,3,5H2,1-2,4H3;1,3H2,2,4H3. The molecule has 0 N–H and O–H groups in total. The number of ketones is 1. The lowest BCUT2D eigenvalue weighted by Crippen LogP contribution is -2.09. The van der Waals surface area contributed by atoms with Crippen molar-refractivity contribution in [3.8, 4) is 0 Å². The van der Waals surface area contributed by atoms with Gasteiger partial charge < -0.3 is 4.74 Å². The molecule has 0 amide bonds. The molecule has 0 aliphatic rings. The van der Waals surface area contributed by atoms with Crippen molar-refractivity contribution in [3.05, 3.63) is 36.5 Å². The van der Waals surface area contributed by atoms with Crippen LogP contribution in [-0.2, 0) is 14.3 Å². The van der Waals surface area contributed by atoms with Gasteiger partial charge in [-0.15, -0.1) is 0 Å². The highest BCUT2D eigenvalue weighted by molar-refractivity contribution is 6.06. The minimum atomic E-state index is -0.297. The zero-order valence-corrected chi connectivity index (χ0v) is 12.1. The Hall–Kier alpha value is -1.64. The molecule has 3 heteroatoms. The molecule has 0 bridgehead atoms. The molecule has 0 radical (unpaired) electrons. The van der Waals surface area contributed by atoms with E-state index in [4.69, 9.17) is 4.74 Å². The highest BCUT2D eigenvalue weighted by Gasteiger charge is 2.03. The summed E-state index contributed by atoms with van der Waals surface area (Å²) in [7, 11) is 0. The van der Waals surface area contributed by atoms with Gasteiger partial charge in [-0.25, -0.2) is 4.79 Å². The van der Waals surface area contributed by atoms with E-state index in [1.54, 1.807) is 20.8 Å². The Morgan fingerprint density at radius 2 is 1.33 bits per heavy atom. The van der Waals surface area contributed by atoms with Crippen LogP contribution >= 0.6 is 0 Å². The zero-order chi connectivity index (χ0) is 14.9. The van der Waals surface area contributed by atoms with Crippen LogP contribution in [-0.4, -0.2) is 18.4 Å². The Morgan fingerprint density at radius 1 is 0.944 bits per heavy atom. The van der Waals surface area contributed by atoms with Gasteiger partial charge >= 0.3 is 5.97 Å². The van der Waals surface area contributed by atoms with Crippen molar-refractivity contribution in [2.45, 2.75) is 34.6 Å². The van der Waals surface area contributed by atoms with Crippen LogP contribution < -0.4 is 0 Å². The number of Topliss-reactive ketones (excluding diaryl/α,β-unsaturated/α-hetero) is 1. The molecule has 0 aromatic rings. The van der Waals surface area contributed by atoms with Crippen LogP contribution in [0.1, 0.15) is 34.6 Å². The molecule has 0 saturated heterocycles. The van der Waals surface area contributed by atoms with Crippen molar-refractivity contribution in [1.82, 2.24) is 0 Å². The van der Waals surface area contributed by atoms with Gasteiger partial charge in [0.05, 0.1) is 6.61 Å². The fourth-order valence-electron chi connectivity index (χ4n) is 0.730. The molecule has 0 aromatic heterocycles. The Labute approximate surface area is 110 Å². The van der Waals surface area contributed by atoms with Gasteiger partial charge in [0.1, 0.15) is 0 Å². The molecule has 0 atom stereocenters. The quantitative estimate of drug-likeness (QED) is 0.556. The number of hydrogen-bond donors (Lipinski definition) is 0. The third kappa shape index (κ3) is 10.9. The first-order chi connectivity index (χ1) is 8.09. The monoisotopic (exact) mass is 252 g/mol. The molecular formula is C15H24O3. The number of ether oxygens (including phenoxy) is 1. The summed E-state index contributed by atoms with van der Waals surface area (Å²) in [6.45, 7) is 19.8. The van der Waals surface area contributed by atoms with Crippen molar-refractivity contribution >= 4 is 11.8 Å². The average molecular weight is 252 g/mol. The molecule has 0 rings (SSSR count). The fraction of sp³-hybridized carbons (Fsp3) is 0.467. The number of carbonyl (C=O) groups excluding carboxylic acids is 2. The van der Waals surface area contributed by atoms with Crippen molar-refractivity contribution in [2.24, 2.45) is 5.92 Å². The number of hydrogen-bond acceptors (Lipinski definition) is 3. The van der Waals surface area contributed by atoms with Crippen LogP contribution in [0.5, 0.6) is 0 Å². The van der Waals surface area contributed by atoms with Gasteiger partial charge in [-0.2, -0.15) is 0 Å². The summed E-state index contributed by atoms with van der Waals surface area (Å²) in [5.74, 6) is 0.0574. The molecule has 0 unspecified atom stereocenters. The van der Waals surface area contributed by atoms with Crippen LogP contribution in [0.15, 0.2) is 36.5 Å². The fourth-order valence-corrected chi connectivity index (χ4v) is 0.730. The van der Waals surface area contributed by atoms with Crippen LogP contribution in [0.4, 0.5) is 0 Å². The number of carbonyl (C=O) groups is 2. The lowest BCUT2D eigenvalue weighted by molar-refractivity contribution is -0.139. The summed E-state index contributed by atoms with van der Waals surface area (Å²) in [6, 6.07) is 0.